The van der Waals surface area contributed by atoms with Gasteiger partial charge in [0.2, 0.25) is 5.89 Å². The fourth-order valence-electron chi connectivity index (χ4n) is 5.08. The number of carbonyl (C=O) groups is 1. The molecule has 6 rings (SSSR count). The molecule has 1 aromatic carbocycles. The predicted molar refractivity (Wildman–Crippen MR) is 151 cm³/mol. The molecule has 0 spiro atoms. The average molecular weight is 555 g/mol. The van der Waals surface area contributed by atoms with E-state index < -0.39 is 5.54 Å². The molecule has 2 N–H and O–H groups in total. The van der Waals surface area contributed by atoms with E-state index in [2.05, 4.69) is 20.3 Å². The van der Waals surface area contributed by atoms with Crippen molar-refractivity contribution in [1.29, 1.82) is 0 Å². The third kappa shape index (κ3) is 5.17. The Labute approximate surface area is 235 Å². The first-order chi connectivity index (χ1) is 19.3. The van der Waals surface area contributed by atoms with Gasteiger partial charge >= 0.3 is 0 Å². The van der Waals surface area contributed by atoms with Gasteiger partial charge in [0.25, 0.3) is 11.8 Å². The highest BCUT2D eigenvalue weighted by molar-refractivity contribution is 7.09. The first-order valence-electron chi connectivity index (χ1n) is 13.2. The maximum absolute atomic E-state index is 13.9. The third-order valence-electron chi connectivity index (χ3n) is 7.06. The normalized spacial score (nSPS) is 16.8. The van der Waals surface area contributed by atoms with Gasteiger partial charge in [-0.2, -0.15) is 5.10 Å². The summed E-state index contributed by atoms with van der Waals surface area (Å²) in [5.74, 6) is 0.413. The molecule has 1 saturated heterocycles. The number of hydrogen-bond donors (Lipinski definition) is 1. The first-order valence-corrected chi connectivity index (χ1v) is 14.1. The van der Waals surface area contributed by atoms with Gasteiger partial charge in [-0.15, -0.1) is 21.5 Å². The van der Waals surface area contributed by atoms with Crippen LogP contribution in [0.5, 0.6) is 0 Å². The Kier molecular flexibility index (Phi) is 6.77. The Balaban J connectivity index is 1.36. The molecule has 0 unspecified atom stereocenters. The highest BCUT2D eigenvalue weighted by atomic mass is 32.1. The molecular formula is C29H30N8O2S. The van der Waals surface area contributed by atoms with Crippen LogP contribution in [-0.4, -0.2) is 47.3 Å². The van der Waals surface area contributed by atoms with E-state index in [1.807, 2.05) is 67.7 Å². The van der Waals surface area contributed by atoms with Gasteiger partial charge < -0.3 is 15.1 Å². The van der Waals surface area contributed by atoms with Crippen LogP contribution in [-0.2, 0) is 19.0 Å². The molecule has 4 aromatic heterocycles. The van der Waals surface area contributed by atoms with Crippen LogP contribution in [0.1, 0.15) is 58.3 Å². The van der Waals surface area contributed by atoms with Gasteiger partial charge in [0, 0.05) is 42.0 Å². The number of rotatable bonds is 7. The molecular weight excluding hydrogens is 524 g/mol. The SMILES string of the molecule is Cc1csc([C@H]2CCCN2C(=O)c2cc(-c3cnn(C)c3)nc(-c3nnc([C@](C)(N)Cc4ccccc4)o3)c2)n1. The van der Waals surface area contributed by atoms with Gasteiger partial charge in [0.15, 0.2) is 0 Å². The molecule has 0 bridgehead atoms. The number of aryl methyl sites for hydroxylation is 2. The van der Waals surface area contributed by atoms with E-state index >= 15 is 0 Å². The second-order valence-corrected chi connectivity index (χ2v) is 11.4. The zero-order valence-corrected chi connectivity index (χ0v) is 23.4. The molecule has 11 heteroatoms. The average Bonchev–Trinajstić information content (AvgIpc) is 3.75. The minimum atomic E-state index is -0.888. The van der Waals surface area contributed by atoms with Crippen molar-refractivity contribution in [2.75, 3.05) is 6.54 Å². The highest BCUT2D eigenvalue weighted by Crippen LogP contribution is 2.36. The summed E-state index contributed by atoms with van der Waals surface area (Å²) in [6.07, 6.45) is 5.90. The summed E-state index contributed by atoms with van der Waals surface area (Å²) in [4.78, 5) is 25.3. The molecule has 0 saturated carbocycles. The highest BCUT2D eigenvalue weighted by Gasteiger charge is 2.34. The van der Waals surface area contributed by atoms with Gasteiger partial charge in [-0.3, -0.25) is 9.48 Å². The van der Waals surface area contributed by atoms with Crippen LogP contribution in [0.3, 0.4) is 0 Å². The second-order valence-electron chi connectivity index (χ2n) is 10.5. The van der Waals surface area contributed by atoms with E-state index in [9.17, 15) is 4.79 Å². The van der Waals surface area contributed by atoms with Crippen LogP contribution in [0.2, 0.25) is 0 Å². The maximum Gasteiger partial charge on any atom is 0.266 e. The first kappa shape index (κ1) is 26.0. The number of amides is 1. The number of carbonyl (C=O) groups excluding carboxylic acids is 1. The summed E-state index contributed by atoms with van der Waals surface area (Å²) in [6.45, 7) is 4.50. The number of thiazole rings is 1. The second kappa shape index (κ2) is 10.4. The van der Waals surface area contributed by atoms with Crippen molar-refractivity contribution in [3.63, 3.8) is 0 Å². The molecule has 0 radical (unpaired) electrons. The van der Waals surface area contributed by atoms with Crippen molar-refractivity contribution in [3.8, 4) is 22.8 Å². The summed E-state index contributed by atoms with van der Waals surface area (Å²) in [6, 6.07) is 13.4. The Morgan fingerprint density at radius 1 is 1.18 bits per heavy atom. The van der Waals surface area contributed by atoms with Crippen molar-refractivity contribution >= 4 is 17.2 Å². The summed E-state index contributed by atoms with van der Waals surface area (Å²) >= 11 is 1.60. The van der Waals surface area contributed by atoms with Gasteiger partial charge in [-0.1, -0.05) is 30.3 Å². The van der Waals surface area contributed by atoms with Crippen molar-refractivity contribution in [1.82, 2.24) is 34.8 Å². The summed E-state index contributed by atoms with van der Waals surface area (Å²) < 4.78 is 7.79. The minimum absolute atomic E-state index is 0.0457. The van der Waals surface area contributed by atoms with Crippen molar-refractivity contribution < 1.29 is 9.21 Å². The number of hydrogen-bond acceptors (Lipinski definition) is 9. The predicted octanol–water partition coefficient (Wildman–Crippen LogP) is 4.69. The Hall–Kier alpha value is -4.22. The monoisotopic (exact) mass is 554 g/mol. The molecule has 1 aliphatic heterocycles. The van der Waals surface area contributed by atoms with Gasteiger partial charge in [0.05, 0.1) is 23.5 Å². The third-order valence-corrected chi connectivity index (χ3v) is 8.12. The molecule has 40 heavy (non-hydrogen) atoms. The van der Waals surface area contributed by atoms with Crippen LogP contribution in [0, 0.1) is 6.92 Å². The van der Waals surface area contributed by atoms with Gasteiger partial charge in [0.1, 0.15) is 10.7 Å². The van der Waals surface area contributed by atoms with Crippen molar-refractivity contribution in [2.24, 2.45) is 12.8 Å². The molecule has 0 aliphatic carbocycles. The lowest BCUT2D eigenvalue weighted by Gasteiger charge is -2.23. The summed E-state index contributed by atoms with van der Waals surface area (Å²) in [7, 11) is 1.84. The van der Waals surface area contributed by atoms with Gasteiger partial charge in [-0.25, -0.2) is 9.97 Å². The molecule has 2 atom stereocenters. The summed E-state index contributed by atoms with van der Waals surface area (Å²) in [5, 5.41) is 15.8. The van der Waals surface area contributed by atoms with E-state index in [0.29, 0.717) is 35.8 Å². The molecule has 1 fully saturated rings. The zero-order valence-electron chi connectivity index (χ0n) is 22.6. The van der Waals surface area contributed by atoms with E-state index in [0.717, 1.165) is 34.7 Å². The van der Waals surface area contributed by atoms with Crippen molar-refractivity contribution in [2.45, 2.75) is 44.7 Å². The number of nitrogens with two attached hydrogens (primary N) is 1. The largest absolute Gasteiger partial charge is 0.417 e. The Morgan fingerprint density at radius 3 is 2.70 bits per heavy atom. The zero-order chi connectivity index (χ0) is 27.9. The molecule has 5 heterocycles. The minimum Gasteiger partial charge on any atom is -0.417 e. The lowest BCUT2D eigenvalue weighted by atomic mass is 9.94. The lowest BCUT2D eigenvalue weighted by Crippen LogP contribution is -2.35. The fourth-order valence-corrected chi connectivity index (χ4v) is 6.02. The molecule has 5 aromatic rings. The fraction of sp³-hybridized carbons (Fsp3) is 0.310. The Bertz CT molecular complexity index is 1660. The maximum atomic E-state index is 13.9. The van der Waals surface area contributed by atoms with E-state index in [1.54, 1.807) is 34.3 Å². The number of pyridine rings is 1. The summed E-state index contributed by atoms with van der Waals surface area (Å²) in [5.41, 5.74) is 10.0. The number of likely N-dealkylation sites (tertiary alicyclic amines) is 1. The quantitative estimate of drug-likeness (QED) is 0.307. The van der Waals surface area contributed by atoms with Crippen LogP contribution < -0.4 is 5.73 Å². The topological polar surface area (TPSA) is 129 Å². The molecule has 1 amide bonds. The lowest BCUT2D eigenvalue weighted by molar-refractivity contribution is 0.0735. The molecule has 204 valence electrons. The van der Waals surface area contributed by atoms with Gasteiger partial charge in [-0.05, 0) is 50.8 Å². The molecule has 1 aliphatic rings. The van der Waals surface area contributed by atoms with E-state index in [-0.39, 0.29) is 17.8 Å². The van der Waals surface area contributed by atoms with Crippen molar-refractivity contribution in [3.05, 3.63) is 88.0 Å². The van der Waals surface area contributed by atoms with Crippen LogP contribution in [0.25, 0.3) is 22.8 Å². The van der Waals surface area contributed by atoms with Crippen LogP contribution in [0.15, 0.2) is 64.7 Å². The number of benzene rings is 1. The Morgan fingerprint density at radius 2 is 1.98 bits per heavy atom. The molecule has 10 nitrogen and oxygen atoms in total. The number of aromatic nitrogens is 6. The smallest absolute Gasteiger partial charge is 0.266 e. The van der Waals surface area contributed by atoms with Crippen LogP contribution >= 0.6 is 11.3 Å². The van der Waals surface area contributed by atoms with E-state index in [4.69, 9.17) is 15.1 Å². The number of nitrogens with zero attached hydrogens (tertiary/aromatic N) is 7. The van der Waals surface area contributed by atoms with E-state index in [1.165, 1.54) is 0 Å². The van der Waals surface area contributed by atoms with Crippen LogP contribution in [0.4, 0.5) is 0 Å². The standard InChI is InChI=1S/C29H30N8O2S/c1-18-17-40-26(32-18)24-10-7-11-37(24)27(38)20-12-22(21-15-31-36(3)16-21)33-23(13-20)25-34-35-28(39-25)29(2,30)14-19-8-5-4-6-9-19/h4-6,8-9,12-13,15-17,24H,7,10-11,14,30H2,1-3H3/t24-,29-/m1/s1.